The molecule has 0 saturated carbocycles. The predicted octanol–water partition coefficient (Wildman–Crippen LogP) is 4.94. The molecule has 0 aromatic heterocycles. The van der Waals surface area contributed by atoms with Gasteiger partial charge in [0.1, 0.15) is 5.82 Å². The van der Waals surface area contributed by atoms with Gasteiger partial charge in [-0.05, 0) is 53.9 Å². The fourth-order valence-electron chi connectivity index (χ4n) is 1.95. The van der Waals surface area contributed by atoms with E-state index in [1.807, 2.05) is 25.1 Å². The Morgan fingerprint density at radius 2 is 1.74 bits per heavy atom. The molecule has 0 bridgehead atoms. The smallest absolute Gasteiger partial charge is 0.123 e. The average Bonchev–Trinajstić information content (AvgIpc) is 2.32. The summed E-state index contributed by atoms with van der Waals surface area (Å²) in [5, 5.41) is 10.3. The SMILES string of the molecule is Cc1ccc(F)cc1CC(O)c1cc(Br)cc(Br)c1. The van der Waals surface area contributed by atoms with Gasteiger partial charge in [0.15, 0.2) is 0 Å². The van der Waals surface area contributed by atoms with Crippen molar-refractivity contribution < 1.29 is 9.50 Å². The van der Waals surface area contributed by atoms with Crippen LogP contribution in [0.25, 0.3) is 0 Å². The van der Waals surface area contributed by atoms with Crippen molar-refractivity contribution in [1.82, 2.24) is 0 Å². The molecule has 2 aromatic carbocycles. The van der Waals surface area contributed by atoms with Crippen LogP contribution in [0.3, 0.4) is 0 Å². The lowest BCUT2D eigenvalue weighted by molar-refractivity contribution is 0.178. The molecule has 19 heavy (non-hydrogen) atoms. The quantitative estimate of drug-likeness (QED) is 0.791. The van der Waals surface area contributed by atoms with E-state index in [1.54, 1.807) is 6.07 Å². The fourth-order valence-corrected chi connectivity index (χ4v) is 3.28. The van der Waals surface area contributed by atoms with Crippen LogP contribution in [-0.2, 0) is 6.42 Å². The van der Waals surface area contributed by atoms with E-state index in [9.17, 15) is 9.50 Å². The summed E-state index contributed by atoms with van der Waals surface area (Å²) in [7, 11) is 0. The number of hydrogen-bond acceptors (Lipinski definition) is 1. The molecular weight excluding hydrogens is 375 g/mol. The fraction of sp³-hybridized carbons (Fsp3) is 0.200. The number of hydrogen-bond donors (Lipinski definition) is 1. The largest absolute Gasteiger partial charge is 0.388 e. The van der Waals surface area contributed by atoms with Crippen molar-refractivity contribution in [1.29, 1.82) is 0 Å². The van der Waals surface area contributed by atoms with Gasteiger partial charge in [-0.15, -0.1) is 0 Å². The highest BCUT2D eigenvalue weighted by molar-refractivity contribution is 9.11. The van der Waals surface area contributed by atoms with Gasteiger partial charge in [-0.3, -0.25) is 0 Å². The maximum absolute atomic E-state index is 13.2. The molecule has 0 spiro atoms. The molecular formula is C15H13Br2FO. The second-order valence-electron chi connectivity index (χ2n) is 4.49. The van der Waals surface area contributed by atoms with Crippen LogP contribution in [0.1, 0.15) is 22.8 Å². The molecule has 0 radical (unpaired) electrons. The Hall–Kier alpha value is -0.710. The third-order valence-electron chi connectivity index (χ3n) is 2.99. The molecule has 4 heteroatoms. The highest BCUT2D eigenvalue weighted by Crippen LogP contribution is 2.27. The number of aliphatic hydroxyl groups excluding tert-OH is 1. The number of aliphatic hydroxyl groups is 1. The minimum atomic E-state index is -0.658. The Kier molecular flexibility index (Phi) is 4.76. The zero-order valence-corrected chi connectivity index (χ0v) is 13.5. The first kappa shape index (κ1) is 14.7. The maximum Gasteiger partial charge on any atom is 0.123 e. The van der Waals surface area contributed by atoms with E-state index in [-0.39, 0.29) is 5.82 Å². The van der Waals surface area contributed by atoms with Crippen LogP contribution in [0.5, 0.6) is 0 Å². The average molecular weight is 388 g/mol. The summed E-state index contributed by atoms with van der Waals surface area (Å²) in [6.07, 6.45) is -0.263. The summed E-state index contributed by atoms with van der Waals surface area (Å²) in [6, 6.07) is 10.3. The Morgan fingerprint density at radius 3 is 2.37 bits per heavy atom. The van der Waals surface area contributed by atoms with Crippen LogP contribution in [0, 0.1) is 12.7 Å². The van der Waals surface area contributed by atoms with E-state index in [0.717, 1.165) is 25.6 Å². The predicted molar refractivity (Wildman–Crippen MR) is 81.6 cm³/mol. The van der Waals surface area contributed by atoms with E-state index >= 15 is 0 Å². The minimum absolute atomic E-state index is 0.275. The zero-order chi connectivity index (χ0) is 14.0. The maximum atomic E-state index is 13.2. The number of aryl methyl sites for hydroxylation is 1. The molecule has 0 aliphatic heterocycles. The second kappa shape index (κ2) is 6.16. The van der Waals surface area contributed by atoms with Crippen molar-refractivity contribution in [3.05, 3.63) is 67.9 Å². The molecule has 0 aliphatic carbocycles. The molecule has 2 rings (SSSR count). The van der Waals surface area contributed by atoms with Gasteiger partial charge in [-0.25, -0.2) is 4.39 Å². The summed E-state index contributed by atoms with van der Waals surface area (Å²) >= 11 is 6.78. The first-order chi connectivity index (χ1) is 8.95. The van der Waals surface area contributed by atoms with Gasteiger partial charge in [0.25, 0.3) is 0 Å². The topological polar surface area (TPSA) is 20.2 Å². The highest BCUT2D eigenvalue weighted by Gasteiger charge is 2.12. The highest BCUT2D eigenvalue weighted by atomic mass is 79.9. The normalized spacial score (nSPS) is 12.5. The molecule has 1 nitrogen and oxygen atoms in total. The summed E-state index contributed by atoms with van der Waals surface area (Å²) in [4.78, 5) is 0. The molecule has 0 amide bonds. The van der Waals surface area contributed by atoms with Gasteiger partial charge in [0.05, 0.1) is 6.10 Å². The summed E-state index contributed by atoms with van der Waals surface area (Å²) < 4.78 is 15.0. The summed E-state index contributed by atoms with van der Waals surface area (Å²) in [5.41, 5.74) is 2.60. The minimum Gasteiger partial charge on any atom is -0.388 e. The Morgan fingerprint density at radius 1 is 1.11 bits per heavy atom. The monoisotopic (exact) mass is 386 g/mol. The van der Waals surface area contributed by atoms with Crippen molar-refractivity contribution in [3.8, 4) is 0 Å². The molecule has 1 atom stereocenters. The number of halogens is 3. The van der Waals surface area contributed by atoms with E-state index in [1.165, 1.54) is 12.1 Å². The van der Waals surface area contributed by atoms with Crippen LogP contribution in [-0.4, -0.2) is 5.11 Å². The summed E-state index contributed by atoms with van der Waals surface area (Å²) in [6.45, 7) is 1.92. The van der Waals surface area contributed by atoms with Gasteiger partial charge in [0, 0.05) is 15.4 Å². The lowest BCUT2D eigenvalue weighted by Crippen LogP contribution is -2.04. The third-order valence-corrected chi connectivity index (χ3v) is 3.91. The number of benzene rings is 2. The molecule has 100 valence electrons. The molecule has 0 saturated heterocycles. The summed E-state index contributed by atoms with van der Waals surface area (Å²) in [5.74, 6) is -0.275. The van der Waals surface area contributed by atoms with Crippen molar-refractivity contribution in [2.24, 2.45) is 0 Å². The zero-order valence-electron chi connectivity index (χ0n) is 10.3. The van der Waals surface area contributed by atoms with Gasteiger partial charge in [0.2, 0.25) is 0 Å². The van der Waals surface area contributed by atoms with Gasteiger partial charge in [-0.2, -0.15) is 0 Å². The van der Waals surface area contributed by atoms with Crippen molar-refractivity contribution in [3.63, 3.8) is 0 Å². The molecule has 0 fully saturated rings. The molecule has 0 heterocycles. The third kappa shape index (κ3) is 3.88. The Labute approximate surface area is 128 Å². The van der Waals surface area contributed by atoms with E-state index in [4.69, 9.17) is 0 Å². The van der Waals surface area contributed by atoms with E-state index in [0.29, 0.717) is 6.42 Å². The van der Waals surface area contributed by atoms with Gasteiger partial charge >= 0.3 is 0 Å². The lowest BCUT2D eigenvalue weighted by atomic mass is 9.98. The van der Waals surface area contributed by atoms with Crippen LogP contribution in [0.2, 0.25) is 0 Å². The Balaban J connectivity index is 2.25. The lowest BCUT2D eigenvalue weighted by Gasteiger charge is -2.14. The second-order valence-corrected chi connectivity index (χ2v) is 6.32. The van der Waals surface area contributed by atoms with Crippen molar-refractivity contribution >= 4 is 31.9 Å². The number of rotatable bonds is 3. The van der Waals surface area contributed by atoms with Crippen LogP contribution in [0.4, 0.5) is 4.39 Å². The standard InChI is InChI=1S/C15H13Br2FO/c1-9-2-3-14(18)6-10(9)7-15(19)11-4-12(16)8-13(17)5-11/h2-6,8,15,19H,7H2,1H3. The first-order valence-electron chi connectivity index (χ1n) is 5.85. The molecule has 1 N–H and O–H groups in total. The van der Waals surface area contributed by atoms with Crippen LogP contribution in [0.15, 0.2) is 45.3 Å². The van der Waals surface area contributed by atoms with E-state index in [2.05, 4.69) is 31.9 Å². The van der Waals surface area contributed by atoms with Crippen molar-refractivity contribution in [2.75, 3.05) is 0 Å². The van der Waals surface area contributed by atoms with Gasteiger partial charge in [-0.1, -0.05) is 37.9 Å². The molecule has 0 aliphatic rings. The van der Waals surface area contributed by atoms with E-state index < -0.39 is 6.10 Å². The Bertz CT molecular complexity index is 578. The van der Waals surface area contributed by atoms with Crippen LogP contribution < -0.4 is 0 Å². The first-order valence-corrected chi connectivity index (χ1v) is 7.43. The molecule has 2 aromatic rings. The van der Waals surface area contributed by atoms with Crippen LogP contribution >= 0.6 is 31.9 Å². The molecule has 1 unspecified atom stereocenters. The van der Waals surface area contributed by atoms with Crippen molar-refractivity contribution in [2.45, 2.75) is 19.4 Å². The van der Waals surface area contributed by atoms with Gasteiger partial charge < -0.3 is 5.11 Å².